The molecule has 0 aromatic carbocycles. The molecule has 0 aliphatic rings. The van der Waals surface area contributed by atoms with E-state index in [1.165, 1.54) is 4.90 Å². The minimum Gasteiger partial charge on any atom is -0.329 e. The van der Waals surface area contributed by atoms with Gasteiger partial charge in [-0.3, -0.25) is 4.84 Å². The van der Waals surface area contributed by atoms with Crippen LogP contribution in [0.2, 0.25) is 0 Å². The molecule has 0 radical (unpaired) electrons. The van der Waals surface area contributed by atoms with E-state index in [9.17, 15) is 4.79 Å². The zero-order chi connectivity index (χ0) is 7.98. The fourth-order valence-corrected chi connectivity index (χ4v) is 0.306. The maximum Gasteiger partial charge on any atom is 0.340 e. The third-order valence-corrected chi connectivity index (χ3v) is 0.872. The Labute approximate surface area is 61.1 Å². The first-order valence-corrected chi connectivity index (χ1v) is 3.27. The molecule has 0 aromatic rings. The van der Waals surface area contributed by atoms with Crippen molar-refractivity contribution in [2.45, 2.75) is 13.3 Å². The second-order valence-electron chi connectivity index (χ2n) is 2.15. The second-order valence-corrected chi connectivity index (χ2v) is 2.15. The van der Waals surface area contributed by atoms with Crippen LogP contribution in [0.4, 0.5) is 4.79 Å². The number of hydroxylamine groups is 1. The number of hydrogen-bond acceptors (Lipinski definition) is 2. The van der Waals surface area contributed by atoms with E-state index in [-0.39, 0.29) is 6.03 Å². The summed E-state index contributed by atoms with van der Waals surface area (Å²) in [5, 5.41) is 0. The third kappa shape index (κ3) is 4.14. The van der Waals surface area contributed by atoms with Gasteiger partial charge in [0.05, 0.1) is 6.61 Å². The molecule has 0 fully saturated rings. The maximum absolute atomic E-state index is 10.7. The average Bonchev–Trinajstić information content (AvgIpc) is 1.88. The number of urea groups is 1. The van der Waals surface area contributed by atoms with Crippen molar-refractivity contribution in [1.29, 1.82) is 0 Å². The molecule has 0 rings (SSSR count). The van der Waals surface area contributed by atoms with Gasteiger partial charge in [0.2, 0.25) is 0 Å². The van der Waals surface area contributed by atoms with E-state index in [1.54, 1.807) is 14.1 Å². The van der Waals surface area contributed by atoms with E-state index >= 15 is 0 Å². The first-order valence-electron chi connectivity index (χ1n) is 3.27. The Morgan fingerprint density at radius 1 is 1.60 bits per heavy atom. The largest absolute Gasteiger partial charge is 0.340 e. The summed E-state index contributed by atoms with van der Waals surface area (Å²) in [4.78, 5) is 16.9. The number of nitrogens with one attached hydrogen (secondary N) is 1. The predicted molar refractivity (Wildman–Crippen MR) is 38.5 cm³/mol. The molecule has 0 unspecified atom stereocenters. The summed E-state index contributed by atoms with van der Waals surface area (Å²) >= 11 is 0. The van der Waals surface area contributed by atoms with Crippen LogP contribution < -0.4 is 5.48 Å². The van der Waals surface area contributed by atoms with Gasteiger partial charge in [-0.05, 0) is 6.42 Å². The van der Waals surface area contributed by atoms with Crippen molar-refractivity contribution < 1.29 is 9.63 Å². The van der Waals surface area contributed by atoms with Gasteiger partial charge in [-0.15, -0.1) is 0 Å². The Morgan fingerprint density at radius 2 is 2.20 bits per heavy atom. The molecular formula is C6H14N2O2. The van der Waals surface area contributed by atoms with Gasteiger partial charge in [-0.1, -0.05) is 6.92 Å². The van der Waals surface area contributed by atoms with Gasteiger partial charge >= 0.3 is 6.03 Å². The molecule has 0 heterocycles. The van der Waals surface area contributed by atoms with Crippen LogP contribution in [-0.2, 0) is 4.84 Å². The molecular weight excluding hydrogens is 132 g/mol. The molecule has 2 amide bonds. The van der Waals surface area contributed by atoms with Crippen molar-refractivity contribution in [2.75, 3.05) is 20.7 Å². The molecule has 1 N–H and O–H groups in total. The Morgan fingerprint density at radius 3 is 2.60 bits per heavy atom. The zero-order valence-corrected chi connectivity index (χ0v) is 6.68. The quantitative estimate of drug-likeness (QED) is 0.468. The molecule has 0 spiro atoms. The normalized spacial score (nSPS) is 9.10. The Kier molecular flexibility index (Phi) is 4.66. The fourth-order valence-electron chi connectivity index (χ4n) is 0.306. The van der Waals surface area contributed by atoms with Crippen molar-refractivity contribution in [3.8, 4) is 0 Å². The summed E-state index contributed by atoms with van der Waals surface area (Å²) < 4.78 is 0. The van der Waals surface area contributed by atoms with Crippen molar-refractivity contribution in [3.63, 3.8) is 0 Å². The van der Waals surface area contributed by atoms with E-state index in [2.05, 4.69) is 5.48 Å². The third-order valence-electron chi connectivity index (χ3n) is 0.872. The molecule has 4 heteroatoms. The fraction of sp³-hybridized carbons (Fsp3) is 0.833. The lowest BCUT2D eigenvalue weighted by Gasteiger charge is -2.10. The highest BCUT2D eigenvalue weighted by Crippen LogP contribution is 1.79. The highest BCUT2D eigenvalue weighted by molar-refractivity contribution is 5.72. The number of amides is 2. The minimum absolute atomic E-state index is 0.228. The van der Waals surface area contributed by atoms with Gasteiger partial charge < -0.3 is 4.90 Å². The molecule has 4 nitrogen and oxygen atoms in total. The zero-order valence-electron chi connectivity index (χ0n) is 6.68. The average molecular weight is 146 g/mol. The lowest BCUT2D eigenvalue weighted by Crippen LogP contribution is -2.34. The minimum atomic E-state index is -0.228. The highest BCUT2D eigenvalue weighted by Gasteiger charge is 1.99. The molecule has 0 saturated heterocycles. The first kappa shape index (κ1) is 9.23. The predicted octanol–water partition coefficient (Wildman–Crippen LogP) is 0.599. The number of carbonyl (C=O) groups excluding carboxylic acids is 1. The molecule has 0 aliphatic carbocycles. The van der Waals surface area contributed by atoms with Crippen LogP contribution in [0.25, 0.3) is 0 Å². The molecule has 0 aliphatic heterocycles. The Balaban J connectivity index is 3.22. The summed E-state index contributed by atoms with van der Waals surface area (Å²) in [6.45, 7) is 2.53. The molecule has 0 aromatic heterocycles. The van der Waals surface area contributed by atoms with Gasteiger partial charge in [0.1, 0.15) is 0 Å². The molecule has 60 valence electrons. The second kappa shape index (κ2) is 5.05. The Bertz CT molecular complexity index is 104. The van der Waals surface area contributed by atoms with E-state index in [4.69, 9.17) is 4.84 Å². The van der Waals surface area contributed by atoms with Crippen LogP contribution in [-0.4, -0.2) is 31.6 Å². The van der Waals surface area contributed by atoms with Gasteiger partial charge in [-0.2, -0.15) is 0 Å². The lowest BCUT2D eigenvalue weighted by atomic mass is 10.5. The number of nitrogens with zero attached hydrogens (tertiary/aromatic N) is 1. The van der Waals surface area contributed by atoms with Crippen LogP contribution in [0.3, 0.4) is 0 Å². The van der Waals surface area contributed by atoms with Gasteiger partial charge in [0.15, 0.2) is 0 Å². The van der Waals surface area contributed by atoms with E-state index < -0.39 is 0 Å². The number of hydrogen-bond donors (Lipinski definition) is 1. The van der Waals surface area contributed by atoms with Crippen LogP contribution in [0, 0.1) is 0 Å². The maximum atomic E-state index is 10.7. The van der Waals surface area contributed by atoms with Crippen molar-refractivity contribution in [2.24, 2.45) is 0 Å². The smallest absolute Gasteiger partial charge is 0.329 e. The summed E-state index contributed by atoms with van der Waals surface area (Å²) in [5.41, 5.74) is 2.27. The van der Waals surface area contributed by atoms with Gasteiger partial charge in [0.25, 0.3) is 0 Å². The number of carbonyl (C=O) groups is 1. The van der Waals surface area contributed by atoms with Crippen LogP contribution in [0.15, 0.2) is 0 Å². The highest BCUT2D eigenvalue weighted by atomic mass is 16.7. The first-order chi connectivity index (χ1) is 4.68. The standard InChI is InChI=1S/C6H14N2O2/c1-4-5-10-7-6(9)8(2)3/h4-5H2,1-3H3,(H,7,9). The molecule has 0 atom stereocenters. The summed E-state index contributed by atoms with van der Waals surface area (Å²) in [5.74, 6) is 0. The monoisotopic (exact) mass is 146 g/mol. The summed E-state index contributed by atoms with van der Waals surface area (Å²) in [6, 6.07) is -0.228. The lowest BCUT2D eigenvalue weighted by molar-refractivity contribution is 0.0529. The van der Waals surface area contributed by atoms with E-state index in [0.29, 0.717) is 6.61 Å². The van der Waals surface area contributed by atoms with Crippen LogP contribution in [0.1, 0.15) is 13.3 Å². The molecule has 10 heavy (non-hydrogen) atoms. The Hall–Kier alpha value is -0.770. The summed E-state index contributed by atoms with van der Waals surface area (Å²) in [7, 11) is 3.31. The van der Waals surface area contributed by atoms with Gasteiger partial charge in [-0.25, -0.2) is 10.3 Å². The summed E-state index contributed by atoms with van der Waals surface area (Å²) in [6.07, 6.45) is 0.897. The van der Waals surface area contributed by atoms with Crippen LogP contribution in [0.5, 0.6) is 0 Å². The SMILES string of the molecule is CCCONC(=O)N(C)C. The van der Waals surface area contributed by atoms with Crippen LogP contribution >= 0.6 is 0 Å². The topological polar surface area (TPSA) is 41.6 Å². The molecule has 0 bridgehead atoms. The number of rotatable bonds is 3. The van der Waals surface area contributed by atoms with Crippen molar-refractivity contribution in [1.82, 2.24) is 10.4 Å². The van der Waals surface area contributed by atoms with E-state index in [0.717, 1.165) is 6.42 Å². The van der Waals surface area contributed by atoms with Gasteiger partial charge in [0, 0.05) is 14.1 Å². The van der Waals surface area contributed by atoms with Crippen molar-refractivity contribution in [3.05, 3.63) is 0 Å². The molecule has 0 saturated carbocycles. The van der Waals surface area contributed by atoms with E-state index in [1.807, 2.05) is 6.92 Å². The van der Waals surface area contributed by atoms with Crippen molar-refractivity contribution >= 4 is 6.03 Å².